The third-order valence-electron chi connectivity index (χ3n) is 9.88. The van der Waals surface area contributed by atoms with E-state index in [-0.39, 0.29) is 36.9 Å². The average molecular weight is 615 g/mol. The minimum absolute atomic E-state index is 0.143. The van der Waals surface area contributed by atoms with Gasteiger partial charge in [0, 0.05) is 25.2 Å². The molecule has 0 aromatic heterocycles. The predicted octanol–water partition coefficient (Wildman–Crippen LogP) is 5.07. The lowest BCUT2D eigenvalue weighted by Crippen LogP contribution is -2.60. The van der Waals surface area contributed by atoms with Gasteiger partial charge in [0.2, 0.25) is 0 Å². The smallest absolute Gasteiger partial charge is 0.316 e. The van der Waals surface area contributed by atoms with E-state index in [0.29, 0.717) is 29.9 Å². The summed E-state index contributed by atoms with van der Waals surface area (Å²) in [5.41, 5.74) is 0.890. The number of aliphatic hydroxyl groups excluding tert-OH is 3. The van der Waals surface area contributed by atoms with Crippen LogP contribution in [0.5, 0.6) is 0 Å². The van der Waals surface area contributed by atoms with Crippen LogP contribution in [0, 0.1) is 23.7 Å². The molecule has 4 rings (SSSR count). The van der Waals surface area contributed by atoms with Crippen LogP contribution < -0.4 is 0 Å². The van der Waals surface area contributed by atoms with Crippen LogP contribution in [0.1, 0.15) is 87.5 Å². The first-order valence-corrected chi connectivity index (χ1v) is 16.3. The summed E-state index contributed by atoms with van der Waals surface area (Å²) in [6.45, 7) is 15.7. The van der Waals surface area contributed by atoms with Crippen molar-refractivity contribution in [2.24, 2.45) is 23.7 Å². The van der Waals surface area contributed by atoms with Gasteiger partial charge in [-0.2, -0.15) is 0 Å². The molecule has 0 amide bonds. The van der Waals surface area contributed by atoms with Crippen LogP contribution in [0.15, 0.2) is 58.7 Å². The third kappa shape index (κ3) is 7.32. The van der Waals surface area contributed by atoms with Gasteiger partial charge in [-0.1, -0.05) is 69.7 Å². The first-order valence-electron chi connectivity index (χ1n) is 16.3. The van der Waals surface area contributed by atoms with Crippen molar-refractivity contribution in [2.75, 3.05) is 0 Å². The van der Waals surface area contributed by atoms with E-state index in [1.165, 1.54) is 11.6 Å². The normalized spacial score (nSPS) is 42.8. The molecular weight excluding hydrogens is 560 g/mol. The van der Waals surface area contributed by atoms with Crippen LogP contribution >= 0.6 is 0 Å². The van der Waals surface area contributed by atoms with Gasteiger partial charge < -0.3 is 34.6 Å². The van der Waals surface area contributed by atoms with Crippen molar-refractivity contribution in [3.05, 3.63) is 58.7 Å². The molecule has 1 aliphatic carbocycles. The second-order valence-electron chi connectivity index (χ2n) is 14.3. The highest BCUT2D eigenvalue weighted by Gasteiger charge is 2.56. The molecule has 4 aliphatic rings. The maximum Gasteiger partial charge on any atom is 0.316 e. The zero-order valence-electron chi connectivity index (χ0n) is 27.7. The Hall–Kier alpha value is -2.07. The second kappa shape index (κ2) is 13.7. The van der Waals surface area contributed by atoms with Gasteiger partial charge in [0.1, 0.15) is 29.8 Å². The van der Waals surface area contributed by atoms with Crippen molar-refractivity contribution in [2.45, 2.75) is 136 Å². The first-order chi connectivity index (χ1) is 20.6. The van der Waals surface area contributed by atoms with Crippen molar-refractivity contribution in [3.8, 4) is 0 Å². The number of hydrogen-bond donors (Lipinski definition) is 4. The Morgan fingerprint density at radius 2 is 1.77 bits per heavy atom. The Morgan fingerprint density at radius 1 is 1.07 bits per heavy atom. The number of ether oxygens (including phenoxy) is 3. The molecule has 2 fully saturated rings. The van der Waals surface area contributed by atoms with Gasteiger partial charge in [-0.05, 0) is 69.1 Å². The summed E-state index contributed by atoms with van der Waals surface area (Å²) in [6.07, 6.45) is 8.70. The van der Waals surface area contributed by atoms with E-state index in [4.69, 9.17) is 14.2 Å². The first kappa shape index (κ1) is 34.8. The standard InChI is InChI=1S/C36H54O8/c1-20(2)14-24(6)32-26(8)30(37)19-35(44-32)18-28-17-27(43-35)13-12-22(4)15-21(3)10-9-11-25(7)36(41)29(34(40)42-28)16-23(5)31(38)33(36)39/h9-12,14,16,20-21,26-33,37-39,41H,13,15,17-19H2,1-8H3. The number of allylic oxidation sites excluding steroid dienone is 5. The molecule has 44 heavy (non-hydrogen) atoms. The summed E-state index contributed by atoms with van der Waals surface area (Å²) in [7, 11) is 0. The Bertz CT molecular complexity index is 1210. The SMILES string of the molecule is CC1=CCC2CC(CC3(CC(O)C(C)C(C(C)=CC(C)C)O3)O2)OC(=O)C2C=C(C)C(O)C(O)C2(O)C(C)=CC=CC(C)C1. The van der Waals surface area contributed by atoms with Crippen molar-refractivity contribution >= 4 is 5.97 Å². The minimum Gasteiger partial charge on any atom is -0.462 e. The zero-order valence-corrected chi connectivity index (χ0v) is 27.7. The fraction of sp³-hybridized carbons (Fsp3) is 0.694. The third-order valence-corrected chi connectivity index (χ3v) is 9.88. The Morgan fingerprint density at radius 3 is 2.45 bits per heavy atom. The van der Waals surface area contributed by atoms with Crippen LogP contribution in [-0.2, 0) is 19.0 Å². The van der Waals surface area contributed by atoms with Gasteiger partial charge >= 0.3 is 5.97 Å². The number of hydrogen-bond acceptors (Lipinski definition) is 8. The molecule has 0 aromatic carbocycles. The van der Waals surface area contributed by atoms with E-state index in [1.54, 1.807) is 19.9 Å². The Balaban J connectivity index is 1.75. The van der Waals surface area contributed by atoms with Crippen LogP contribution in [-0.4, -0.2) is 74.4 Å². The molecule has 11 unspecified atom stereocenters. The molecule has 2 saturated heterocycles. The van der Waals surface area contributed by atoms with Crippen LogP contribution in [0.4, 0.5) is 0 Å². The van der Waals surface area contributed by atoms with Crippen molar-refractivity contribution in [1.82, 2.24) is 0 Å². The highest BCUT2D eigenvalue weighted by atomic mass is 16.7. The molecule has 8 heteroatoms. The summed E-state index contributed by atoms with van der Waals surface area (Å²) in [4.78, 5) is 14.0. The number of esters is 1. The molecule has 3 aliphatic heterocycles. The highest BCUT2D eigenvalue weighted by molar-refractivity contribution is 5.78. The number of rotatable bonds is 2. The van der Waals surface area contributed by atoms with Crippen LogP contribution in [0.3, 0.4) is 0 Å². The molecule has 8 nitrogen and oxygen atoms in total. The largest absolute Gasteiger partial charge is 0.462 e. The lowest BCUT2D eigenvalue weighted by atomic mass is 9.69. The predicted molar refractivity (Wildman–Crippen MR) is 169 cm³/mol. The lowest BCUT2D eigenvalue weighted by Gasteiger charge is -2.51. The molecule has 11 atom stereocenters. The van der Waals surface area contributed by atoms with E-state index >= 15 is 0 Å². The number of fused-ring (bicyclic) bond motifs is 3. The monoisotopic (exact) mass is 614 g/mol. The van der Waals surface area contributed by atoms with Crippen molar-refractivity contribution in [3.63, 3.8) is 0 Å². The zero-order chi connectivity index (χ0) is 32.6. The Labute approximate surface area is 263 Å². The van der Waals surface area contributed by atoms with E-state index in [2.05, 4.69) is 39.8 Å². The minimum atomic E-state index is -2.07. The average Bonchev–Trinajstić information content (AvgIpc) is 2.93. The molecular formula is C36H54O8. The fourth-order valence-electron chi connectivity index (χ4n) is 7.43. The van der Waals surface area contributed by atoms with Crippen LogP contribution in [0.25, 0.3) is 0 Å². The fourth-order valence-corrected chi connectivity index (χ4v) is 7.43. The highest BCUT2D eigenvalue weighted by Crippen LogP contribution is 2.46. The van der Waals surface area contributed by atoms with E-state index in [1.807, 2.05) is 26.0 Å². The Kier molecular flexibility index (Phi) is 10.9. The van der Waals surface area contributed by atoms with E-state index in [9.17, 15) is 25.2 Å². The van der Waals surface area contributed by atoms with Gasteiger partial charge in [0.15, 0.2) is 5.79 Å². The quantitative estimate of drug-likeness (QED) is 0.251. The summed E-state index contributed by atoms with van der Waals surface area (Å²) in [5, 5.41) is 45.1. The molecule has 0 radical (unpaired) electrons. The molecule has 1 spiro atoms. The van der Waals surface area contributed by atoms with Crippen molar-refractivity contribution < 1.29 is 39.4 Å². The van der Waals surface area contributed by atoms with Crippen molar-refractivity contribution in [1.29, 1.82) is 0 Å². The van der Waals surface area contributed by atoms with E-state index < -0.39 is 47.7 Å². The maximum absolute atomic E-state index is 14.0. The molecule has 0 saturated carbocycles. The molecule has 4 N–H and O–H groups in total. The van der Waals surface area contributed by atoms with Crippen LogP contribution in [0.2, 0.25) is 0 Å². The number of carbonyl (C=O) groups is 1. The number of aliphatic hydroxyl groups is 4. The second-order valence-corrected chi connectivity index (χ2v) is 14.3. The molecule has 0 aromatic rings. The van der Waals surface area contributed by atoms with E-state index in [0.717, 1.165) is 12.0 Å². The summed E-state index contributed by atoms with van der Waals surface area (Å²) < 4.78 is 19.6. The van der Waals surface area contributed by atoms with Gasteiger partial charge in [0.25, 0.3) is 0 Å². The maximum atomic E-state index is 14.0. The van der Waals surface area contributed by atoms with Gasteiger partial charge in [-0.25, -0.2) is 0 Å². The lowest BCUT2D eigenvalue weighted by molar-refractivity contribution is -0.343. The van der Waals surface area contributed by atoms with Gasteiger partial charge in [-0.15, -0.1) is 0 Å². The number of carbonyl (C=O) groups excluding carboxylic acids is 1. The van der Waals surface area contributed by atoms with Gasteiger partial charge in [0.05, 0.1) is 18.3 Å². The topological polar surface area (TPSA) is 126 Å². The summed E-state index contributed by atoms with van der Waals surface area (Å²) >= 11 is 0. The van der Waals surface area contributed by atoms with Gasteiger partial charge in [-0.3, -0.25) is 4.79 Å². The molecule has 3 heterocycles. The molecule has 2 bridgehead atoms. The summed E-state index contributed by atoms with van der Waals surface area (Å²) in [6, 6.07) is 0. The molecule has 246 valence electrons. The summed E-state index contributed by atoms with van der Waals surface area (Å²) in [5.74, 6) is -2.74.